The molecule has 2 N–H and O–H groups in total. The molecule has 4 heteroatoms. The highest BCUT2D eigenvalue weighted by atomic mass is 16.3. The topological polar surface area (TPSA) is 74.6 Å². The average molecular weight is 382 g/mol. The molecule has 0 heterocycles. The standard InChI is InChI=1S/C24H30O4/c1-17-15-19(25)11-13-21(17)23(27)9-7-5-3-4-6-8-10-24(28)22-14-12-20(26)16-18(22)2/h11-16,25-26H,3-10H2,1-2H3. The van der Waals surface area contributed by atoms with Crippen molar-refractivity contribution >= 4 is 11.6 Å². The molecule has 0 aliphatic heterocycles. The zero-order valence-corrected chi connectivity index (χ0v) is 16.8. The first kappa shape index (κ1) is 21.7. The number of carbonyl (C=O) groups is 2. The molecule has 2 aromatic rings. The van der Waals surface area contributed by atoms with E-state index in [1.807, 2.05) is 13.8 Å². The molecule has 0 aromatic heterocycles. The summed E-state index contributed by atoms with van der Waals surface area (Å²) in [4.78, 5) is 24.5. The first-order valence-electron chi connectivity index (χ1n) is 10.0. The molecule has 0 aliphatic rings. The van der Waals surface area contributed by atoms with E-state index in [0.717, 1.165) is 49.7 Å². The molecule has 0 spiro atoms. The van der Waals surface area contributed by atoms with Crippen molar-refractivity contribution in [3.63, 3.8) is 0 Å². The number of aryl methyl sites for hydroxylation is 2. The van der Waals surface area contributed by atoms with Crippen LogP contribution in [0.1, 0.15) is 83.2 Å². The van der Waals surface area contributed by atoms with Crippen LogP contribution in [0.25, 0.3) is 0 Å². The number of phenols is 2. The van der Waals surface area contributed by atoms with E-state index < -0.39 is 0 Å². The van der Waals surface area contributed by atoms with Gasteiger partial charge in [0, 0.05) is 24.0 Å². The summed E-state index contributed by atoms with van der Waals surface area (Å²) in [5.41, 5.74) is 3.03. The summed E-state index contributed by atoms with van der Waals surface area (Å²) in [7, 11) is 0. The molecule has 0 radical (unpaired) electrons. The summed E-state index contributed by atoms with van der Waals surface area (Å²) < 4.78 is 0. The third-order valence-corrected chi connectivity index (χ3v) is 5.08. The molecule has 0 amide bonds. The highest BCUT2D eigenvalue weighted by Crippen LogP contribution is 2.20. The second kappa shape index (κ2) is 10.6. The molecule has 0 aliphatic carbocycles. The summed E-state index contributed by atoms with van der Waals surface area (Å²) >= 11 is 0. The Kier molecular flexibility index (Phi) is 8.24. The van der Waals surface area contributed by atoms with Crippen LogP contribution in [-0.2, 0) is 0 Å². The fourth-order valence-electron chi connectivity index (χ4n) is 3.47. The van der Waals surface area contributed by atoms with E-state index in [9.17, 15) is 19.8 Å². The molecule has 150 valence electrons. The maximum atomic E-state index is 12.2. The van der Waals surface area contributed by atoms with Gasteiger partial charge in [0.15, 0.2) is 11.6 Å². The molecule has 2 rings (SSSR count). The van der Waals surface area contributed by atoms with Crippen molar-refractivity contribution in [1.82, 2.24) is 0 Å². The normalized spacial score (nSPS) is 10.8. The highest BCUT2D eigenvalue weighted by molar-refractivity contribution is 5.98. The second-order valence-electron chi connectivity index (χ2n) is 7.47. The van der Waals surface area contributed by atoms with Crippen molar-refractivity contribution in [3.05, 3.63) is 58.7 Å². The molecule has 0 bridgehead atoms. The van der Waals surface area contributed by atoms with Gasteiger partial charge in [-0.1, -0.05) is 25.7 Å². The van der Waals surface area contributed by atoms with Crippen LogP contribution in [0.4, 0.5) is 0 Å². The first-order valence-corrected chi connectivity index (χ1v) is 10.0. The maximum absolute atomic E-state index is 12.2. The number of phenolic OH excluding ortho intramolecular Hbond substituents is 2. The van der Waals surface area contributed by atoms with Crippen LogP contribution in [0.3, 0.4) is 0 Å². The summed E-state index contributed by atoms with van der Waals surface area (Å²) in [6.07, 6.45) is 6.94. The predicted octanol–water partition coefficient (Wildman–Crippen LogP) is 5.90. The van der Waals surface area contributed by atoms with Crippen LogP contribution >= 0.6 is 0 Å². The Morgan fingerprint density at radius 1 is 0.643 bits per heavy atom. The van der Waals surface area contributed by atoms with Gasteiger partial charge in [0.2, 0.25) is 0 Å². The van der Waals surface area contributed by atoms with E-state index >= 15 is 0 Å². The Morgan fingerprint density at radius 2 is 1.00 bits per heavy atom. The predicted molar refractivity (Wildman–Crippen MR) is 111 cm³/mol. The van der Waals surface area contributed by atoms with Gasteiger partial charge in [-0.2, -0.15) is 0 Å². The number of hydrogen-bond donors (Lipinski definition) is 2. The van der Waals surface area contributed by atoms with Crippen LogP contribution in [0, 0.1) is 13.8 Å². The number of ketones is 2. The summed E-state index contributed by atoms with van der Waals surface area (Å²) in [6.45, 7) is 3.68. The number of Topliss-reactive ketones (excluding diaryl/α,β-unsaturated/α-hetero) is 2. The van der Waals surface area contributed by atoms with Gasteiger partial charge in [0.1, 0.15) is 11.5 Å². The molecule has 28 heavy (non-hydrogen) atoms. The van der Waals surface area contributed by atoms with E-state index in [-0.39, 0.29) is 23.1 Å². The van der Waals surface area contributed by atoms with Gasteiger partial charge in [-0.05, 0) is 74.2 Å². The lowest BCUT2D eigenvalue weighted by Crippen LogP contribution is -2.02. The fourth-order valence-corrected chi connectivity index (χ4v) is 3.47. The molecule has 0 atom stereocenters. The van der Waals surface area contributed by atoms with E-state index in [1.54, 1.807) is 36.4 Å². The Labute approximate surface area is 167 Å². The number of rotatable bonds is 11. The summed E-state index contributed by atoms with van der Waals surface area (Å²) in [5, 5.41) is 18.8. The van der Waals surface area contributed by atoms with Gasteiger partial charge in [-0.25, -0.2) is 0 Å². The van der Waals surface area contributed by atoms with Gasteiger partial charge in [-0.3, -0.25) is 9.59 Å². The zero-order valence-electron chi connectivity index (χ0n) is 16.8. The molecule has 0 fully saturated rings. The van der Waals surface area contributed by atoms with Gasteiger partial charge >= 0.3 is 0 Å². The SMILES string of the molecule is Cc1cc(O)ccc1C(=O)CCCCCCCCC(=O)c1ccc(O)cc1C. The van der Waals surface area contributed by atoms with Crippen molar-refractivity contribution in [2.45, 2.75) is 65.2 Å². The lowest BCUT2D eigenvalue weighted by Gasteiger charge is -2.06. The minimum absolute atomic E-state index is 0.132. The largest absolute Gasteiger partial charge is 0.508 e. The van der Waals surface area contributed by atoms with Crippen LogP contribution in [0.2, 0.25) is 0 Å². The van der Waals surface area contributed by atoms with Gasteiger partial charge in [0.25, 0.3) is 0 Å². The first-order chi connectivity index (χ1) is 13.4. The highest BCUT2D eigenvalue weighted by Gasteiger charge is 2.10. The minimum atomic E-state index is 0.132. The van der Waals surface area contributed by atoms with E-state index in [2.05, 4.69) is 0 Å². The van der Waals surface area contributed by atoms with E-state index in [1.165, 1.54) is 0 Å². The Bertz CT molecular complexity index is 754. The van der Waals surface area contributed by atoms with Crippen LogP contribution in [0.15, 0.2) is 36.4 Å². The third-order valence-electron chi connectivity index (χ3n) is 5.08. The Morgan fingerprint density at radius 3 is 1.36 bits per heavy atom. The Hall–Kier alpha value is -2.62. The van der Waals surface area contributed by atoms with Gasteiger partial charge in [0.05, 0.1) is 0 Å². The number of unbranched alkanes of at least 4 members (excludes halogenated alkanes) is 5. The second-order valence-corrected chi connectivity index (χ2v) is 7.47. The van der Waals surface area contributed by atoms with Gasteiger partial charge < -0.3 is 10.2 Å². The molecule has 2 aromatic carbocycles. The molecular formula is C24H30O4. The Balaban J connectivity index is 1.58. The number of benzene rings is 2. The summed E-state index contributed by atoms with van der Waals surface area (Å²) in [6, 6.07) is 9.74. The summed E-state index contributed by atoms with van der Waals surface area (Å²) in [5.74, 6) is 0.640. The van der Waals surface area contributed by atoms with Crippen molar-refractivity contribution in [1.29, 1.82) is 0 Å². The van der Waals surface area contributed by atoms with E-state index in [4.69, 9.17) is 0 Å². The molecule has 0 saturated carbocycles. The monoisotopic (exact) mass is 382 g/mol. The van der Waals surface area contributed by atoms with E-state index in [0.29, 0.717) is 24.0 Å². The van der Waals surface area contributed by atoms with Crippen molar-refractivity contribution in [2.75, 3.05) is 0 Å². The minimum Gasteiger partial charge on any atom is -0.508 e. The van der Waals surface area contributed by atoms with Gasteiger partial charge in [-0.15, -0.1) is 0 Å². The fraction of sp³-hybridized carbons (Fsp3) is 0.417. The maximum Gasteiger partial charge on any atom is 0.163 e. The lowest BCUT2D eigenvalue weighted by molar-refractivity contribution is 0.0969. The lowest BCUT2D eigenvalue weighted by atomic mass is 9.98. The molecular weight excluding hydrogens is 352 g/mol. The average Bonchev–Trinajstić information content (AvgIpc) is 2.63. The zero-order chi connectivity index (χ0) is 20.5. The molecule has 0 unspecified atom stereocenters. The van der Waals surface area contributed by atoms with Crippen molar-refractivity contribution in [3.8, 4) is 11.5 Å². The third kappa shape index (κ3) is 6.52. The number of hydrogen-bond acceptors (Lipinski definition) is 4. The van der Waals surface area contributed by atoms with Crippen molar-refractivity contribution < 1.29 is 19.8 Å². The van der Waals surface area contributed by atoms with Crippen LogP contribution in [-0.4, -0.2) is 21.8 Å². The molecule has 4 nitrogen and oxygen atoms in total. The number of carbonyl (C=O) groups excluding carboxylic acids is 2. The quantitative estimate of drug-likeness (QED) is 0.375. The van der Waals surface area contributed by atoms with Crippen molar-refractivity contribution in [2.24, 2.45) is 0 Å². The smallest absolute Gasteiger partial charge is 0.163 e. The number of aromatic hydroxyl groups is 2. The van der Waals surface area contributed by atoms with Crippen LogP contribution < -0.4 is 0 Å². The molecule has 0 saturated heterocycles. The van der Waals surface area contributed by atoms with Crippen LogP contribution in [0.5, 0.6) is 11.5 Å².